The summed E-state index contributed by atoms with van der Waals surface area (Å²) < 4.78 is 21.7. The summed E-state index contributed by atoms with van der Waals surface area (Å²) in [5.74, 6) is -0.137. The van der Waals surface area contributed by atoms with Crippen molar-refractivity contribution in [2.75, 3.05) is 19.8 Å². The average Bonchev–Trinajstić information content (AvgIpc) is 3.08. The molecule has 146 valence electrons. The number of amides is 1. The molecule has 0 bridgehead atoms. The zero-order chi connectivity index (χ0) is 19.5. The SMILES string of the molecule is CCCOCCC(=O)N1CCn2c(cc3cc(-c4ccccc4F)cnc32)C1. The zero-order valence-corrected chi connectivity index (χ0v) is 16.0. The van der Waals surface area contributed by atoms with Gasteiger partial charge in [0.2, 0.25) is 5.91 Å². The van der Waals surface area contributed by atoms with Crippen LogP contribution in [0.15, 0.2) is 42.6 Å². The molecule has 2 aromatic heterocycles. The van der Waals surface area contributed by atoms with Gasteiger partial charge in [-0.05, 0) is 24.6 Å². The molecule has 3 aromatic rings. The van der Waals surface area contributed by atoms with Gasteiger partial charge in [-0.2, -0.15) is 0 Å². The third-order valence-electron chi connectivity index (χ3n) is 5.11. The molecule has 1 aliphatic rings. The minimum atomic E-state index is -0.255. The first-order chi connectivity index (χ1) is 13.7. The van der Waals surface area contributed by atoms with E-state index in [1.807, 2.05) is 17.0 Å². The molecule has 1 aliphatic heterocycles. The Labute approximate surface area is 163 Å². The van der Waals surface area contributed by atoms with Crippen LogP contribution in [0.3, 0.4) is 0 Å². The Morgan fingerprint density at radius 3 is 2.89 bits per heavy atom. The van der Waals surface area contributed by atoms with E-state index < -0.39 is 0 Å². The quantitative estimate of drug-likeness (QED) is 0.607. The lowest BCUT2D eigenvalue weighted by atomic mass is 10.1. The Morgan fingerprint density at radius 2 is 2.07 bits per heavy atom. The van der Waals surface area contributed by atoms with E-state index in [1.165, 1.54) is 6.07 Å². The number of pyridine rings is 1. The highest BCUT2D eigenvalue weighted by molar-refractivity contribution is 5.83. The lowest BCUT2D eigenvalue weighted by Crippen LogP contribution is -2.38. The van der Waals surface area contributed by atoms with E-state index in [0.29, 0.717) is 44.8 Å². The molecule has 0 unspecified atom stereocenters. The summed E-state index contributed by atoms with van der Waals surface area (Å²) in [7, 11) is 0. The predicted molar refractivity (Wildman–Crippen MR) is 106 cm³/mol. The van der Waals surface area contributed by atoms with Crippen molar-refractivity contribution in [3.05, 3.63) is 54.1 Å². The molecule has 0 radical (unpaired) electrons. The third kappa shape index (κ3) is 3.64. The van der Waals surface area contributed by atoms with Crippen molar-refractivity contribution in [3.8, 4) is 11.1 Å². The minimum Gasteiger partial charge on any atom is -0.381 e. The number of benzene rings is 1. The van der Waals surface area contributed by atoms with Gasteiger partial charge in [0, 0.05) is 48.1 Å². The first-order valence-corrected chi connectivity index (χ1v) is 9.76. The summed E-state index contributed by atoms with van der Waals surface area (Å²) >= 11 is 0. The Morgan fingerprint density at radius 1 is 1.21 bits per heavy atom. The molecule has 28 heavy (non-hydrogen) atoms. The summed E-state index contributed by atoms with van der Waals surface area (Å²) in [6.07, 6.45) is 3.09. The van der Waals surface area contributed by atoms with Crippen molar-refractivity contribution in [1.29, 1.82) is 0 Å². The van der Waals surface area contributed by atoms with Gasteiger partial charge in [-0.1, -0.05) is 25.1 Å². The van der Waals surface area contributed by atoms with Gasteiger partial charge in [-0.15, -0.1) is 0 Å². The summed E-state index contributed by atoms with van der Waals surface area (Å²) in [6.45, 7) is 5.17. The van der Waals surface area contributed by atoms with Crippen molar-refractivity contribution in [1.82, 2.24) is 14.5 Å². The maximum absolute atomic E-state index is 14.1. The van der Waals surface area contributed by atoms with Crippen LogP contribution in [0.4, 0.5) is 4.39 Å². The second-order valence-electron chi connectivity index (χ2n) is 7.08. The first kappa shape index (κ1) is 18.6. The summed E-state index contributed by atoms with van der Waals surface area (Å²) in [5.41, 5.74) is 3.25. The largest absolute Gasteiger partial charge is 0.381 e. The van der Waals surface area contributed by atoms with Crippen molar-refractivity contribution in [2.24, 2.45) is 0 Å². The number of ether oxygens (including phenoxy) is 1. The molecule has 1 amide bonds. The molecule has 0 saturated carbocycles. The van der Waals surface area contributed by atoms with Crippen LogP contribution in [-0.4, -0.2) is 40.1 Å². The van der Waals surface area contributed by atoms with Crippen molar-refractivity contribution >= 4 is 16.9 Å². The number of hydrogen-bond acceptors (Lipinski definition) is 3. The second-order valence-corrected chi connectivity index (χ2v) is 7.08. The van der Waals surface area contributed by atoms with Crippen LogP contribution in [0.1, 0.15) is 25.5 Å². The number of nitrogens with zero attached hydrogens (tertiary/aromatic N) is 3. The first-order valence-electron chi connectivity index (χ1n) is 9.76. The maximum Gasteiger partial charge on any atom is 0.225 e. The van der Waals surface area contributed by atoms with Crippen LogP contribution in [0.25, 0.3) is 22.2 Å². The van der Waals surface area contributed by atoms with Crippen molar-refractivity contribution in [3.63, 3.8) is 0 Å². The normalized spacial score (nSPS) is 13.7. The fourth-order valence-corrected chi connectivity index (χ4v) is 3.70. The van der Waals surface area contributed by atoms with Gasteiger partial charge >= 0.3 is 0 Å². The van der Waals surface area contributed by atoms with E-state index in [9.17, 15) is 9.18 Å². The number of rotatable bonds is 6. The Bertz CT molecular complexity index is 999. The summed E-state index contributed by atoms with van der Waals surface area (Å²) in [4.78, 5) is 18.9. The number of carbonyl (C=O) groups is 1. The maximum atomic E-state index is 14.1. The Kier molecular flexibility index (Phi) is 5.39. The van der Waals surface area contributed by atoms with Crippen LogP contribution in [0.5, 0.6) is 0 Å². The summed E-state index contributed by atoms with van der Waals surface area (Å²) in [6, 6.07) is 10.7. The molecule has 0 aliphatic carbocycles. The molecule has 0 N–H and O–H groups in total. The Hall–Kier alpha value is -2.73. The molecule has 0 saturated heterocycles. The predicted octanol–water partition coefficient (Wildman–Crippen LogP) is 4.00. The highest BCUT2D eigenvalue weighted by Gasteiger charge is 2.23. The Balaban J connectivity index is 1.53. The average molecular weight is 381 g/mol. The molecule has 0 fully saturated rings. The monoisotopic (exact) mass is 381 g/mol. The second kappa shape index (κ2) is 8.10. The van der Waals surface area contributed by atoms with Crippen LogP contribution < -0.4 is 0 Å². The molecule has 5 nitrogen and oxygen atoms in total. The molecule has 6 heteroatoms. The smallest absolute Gasteiger partial charge is 0.225 e. The van der Waals surface area contributed by atoms with Crippen LogP contribution >= 0.6 is 0 Å². The van der Waals surface area contributed by atoms with Crippen molar-refractivity contribution < 1.29 is 13.9 Å². The van der Waals surface area contributed by atoms with Gasteiger partial charge in [0.15, 0.2) is 0 Å². The molecule has 3 heterocycles. The fourth-order valence-electron chi connectivity index (χ4n) is 3.70. The van der Waals surface area contributed by atoms with Crippen LogP contribution in [0.2, 0.25) is 0 Å². The number of fused-ring (bicyclic) bond motifs is 3. The molecular formula is C22H24FN3O2. The number of aromatic nitrogens is 2. The van der Waals surface area contributed by atoms with Crippen LogP contribution in [-0.2, 0) is 22.6 Å². The number of hydrogen-bond donors (Lipinski definition) is 0. The molecule has 1 aromatic carbocycles. The lowest BCUT2D eigenvalue weighted by Gasteiger charge is -2.28. The van der Waals surface area contributed by atoms with Gasteiger partial charge in [0.25, 0.3) is 0 Å². The van der Waals surface area contributed by atoms with Gasteiger partial charge < -0.3 is 14.2 Å². The van der Waals surface area contributed by atoms with E-state index in [4.69, 9.17) is 4.74 Å². The van der Waals surface area contributed by atoms with E-state index in [2.05, 4.69) is 22.5 Å². The minimum absolute atomic E-state index is 0.118. The lowest BCUT2D eigenvalue weighted by molar-refractivity contribution is -0.133. The van der Waals surface area contributed by atoms with Gasteiger partial charge in [0.1, 0.15) is 11.5 Å². The standard InChI is InChI=1S/C22H24FN3O2/c1-2-10-28-11-7-21(27)25-8-9-26-18(15-25)13-16-12-17(14-24-22(16)26)19-5-3-4-6-20(19)23/h3-6,12-14H,2,7-11,15H2,1H3. The molecule has 4 rings (SSSR count). The summed E-state index contributed by atoms with van der Waals surface area (Å²) in [5, 5.41) is 0.969. The molecule has 0 atom stereocenters. The molecular weight excluding hydrogens is 357 g/mol. The number of halogens is 1. The topological polar surface area (TPSA) is 47.4 Å². The van der Waals surface area contributed by atoms with E-state index in [-0.39, 0.29) is 11.7 Å². The van der Waals surface area contributed by atoms with E-state index in [1.54, 1.807) is 18.3 Å². The zero-order valence-electron chi connectivity index (χ0n) is 16.0. The third-order valence-corrected chi connectivity index (χ3v) is 5.11. The van der Waals surface area contributed by atoms with E-state index >= 15 is 0 Å². The van der Waals surface area contributed by atoms with Gasteiger partial charge in [-0.3, -0.25) is 4.79 Å². The van der Waals surface area contributed by atoms with E-state index in [0.717, 1.165) is 28.7 Å². The fraction of sp³-hybridized carbons (Fsp3) is 0.364. The van der Waals surface area contributed by atoms with Crippen LogP contribution in [0, 0.1) is 5.82 Å². The highest BCUT2D eigenvalue weighted by Crippen LogP contribution is 2.28. The van der Waals surface area contributed by atoms with Gasteiger partial charge in [0.05, 0.1) is 19.6 Å². The highest BCUT2D eigenvalue weighted by atomic mass is 19.1. The van der Waals surface area contributed by atoms with Gasteiger partial charge in [-0.25, -0.2) is 9.37 Å². The van der Waals surface area contributed by atoms with Crippen molar-refractivity contribution in [2.45, 2.75) is 32.9 Å². The molecule has 0 spiro atoms. The number of carbonyl (C=O) groups excluding carboxylic acids is 1.